The van der Waals surface area contributed by atoms with Crippen molar-refractivity contribution in [1.82, 2.24) is 4.98 Å². The summed E-state index contributed by atoms with van der Waals surface area (Å²) in [7, 11) is 1.33. The van der Waals surface area contributed by atoms with Crippen molar-refractivity contribution in [2.75, 3.05) is 12.8 Å². The molecule has 1 heterocycles. The van der Waals surface area contributed by atoms with E-state index in [1.54, 1.807) is 0 Å². The Kier molecular flexibility index (Phi) is 2.40. The highest BCUT2D eigenvalue weighted by Crippen LogP contribution is 2.27. The number of aromatic amines is 1. The first-order chi connectivity index (χ1) is 7.13. The van der Waals surface area contributed by atoms with E-state index in [-0.39, 0.29) is 0 Å². The molecule has 0 radical (unpaired) electrons. The Bertz CT molecular complexity index is 533. The number of ether oxygens (including phenoxy) is 1. The first kappa shape index (κ1) is 10.0. The summed E-state index contributed by atoms with van der Waals surface area (Å²) in [6.07, 6.45) is 0. The van der Waals surface area contributed by atoms with E-state index in [0.717, 1.165) is 15.4 Å². The third kappa shape index (κ3) is 1.59. The van der Waals surface area contributed by atoms with E-state index in [1.165, 1.54) is 7.11 Å². The van der Waals surface area contributed by atoms with E-state index in [4.69, 9.17) is 5.73 Å². The zero-order valence-corrected chi connectivity index (χ0v) is 9.59. The van der Waals surface area contributed by atoms with Crippen LogP contribution in [-0.2, 0) is 4.74 Å². The molecule has 5 heteroatoms. The van der Waals surface area contributed by atoms with E-state index in [0.29, 0.717) is 11.4 Å². The number of rotatable bonds is 1. The number of benzene rings is 1. The van der Waals surface area contributed by atoms with Crippen LogP contribution in [0.2, 0.25) is 0 Å². The predicted molar refractivity (Wildman–Crippen MR) is 61.8 cm³/mol. The topological polar surface area (TPSA) is 68.1 Å². The standard InChI is InChI=1S/C10H9BrN2O2/c1-15-10(14)8-6-4-5(11)2-3-7(6)13-9(8)12/h2-4,13H,12H2,1H3. The van der Waals surface area contributed by atoms with Gasteiger partial charge in [-0.1, -0.05) is 15.9 Å². The minimum atomic E-state index is -0.433. The van der Waals surface area contributed by atoms with Gasteiger partial charge in [-0.25, -0.2) is 4.79 Å². The Morgan fingerprint density at radius 2 is 2.27 bits per heavy atom. The number of hydrogen-bond acceptors (Lipinski definition) is 3. The molecule has 78 valence electrons. The first-order valence-corrected chi connectivity index (χ1v) is 5.08. The van der Waals surface area contributed by atoms with Gasteiger partial charge in [0.1, 0.15) is 11.4 Å². The Hall–Kier alpha value is -1.49. The Morgan fingerprint density at radius 1 is 1.53 bits per heavy atom. The number of nitrogens with one attached hydrogen (secondary N) is 1. The van der Waals surface area contributed by atoms with Crippen LogP contribution in [0.5, 0.6) is 0 Å². The Balaban J connectivity index is 2.76. The summed E-state index contributed by atoms with van der Waals surface area (Å²) in [5.74, 6) is -0.105. The predicted octanol–water partition coefficient (Wildman–Crippen LogP) is 2.30. The van der Waals surface area contributed by atoms with Crippen LogP contribution in [-0.4, -0.2) is 18.1 Å². The van der Waals surface area contributed by atoms with Gasteiger partial charge in [-0.15, -0.1) is 0 Å². The molecule has 0 fully saturated rings. The van der Waals surface area contributed by atoms with Gasteiger partial charge in [0.15, 0.2) is 0 Å². The third-order valence-electron chi connectivity index (χ3n) is 2.18. The van der Waals surface area contributed by atoms with Gasteiger partial charge >= 0.3 is 5.97 Å². The number of halogens is 1. The fourth-order valence-electron chi connectivity index (χ4n) is 1.51. The maximum atomic E-state index is 11.5. The van der Waals surface area contributed by atoms with Gasteiger partial charge in [0.2, 0.25) is 0 Å². The number of anilines is 1. The summed E-state index contributed by atoms with van der Waals surface area (Å²) in [6, 6.07) is 5.55. The lowest BCUT2D eigenvalue weighted by molar-refractivity contribution is 0.0604. The molecule has 3 N–H and O–H groups in total. The van der Waals surface area contributed by atoms with E-state index < -0.39 is 5.97 Å². The molecular weight excluding hydrogens is 260 g/mol. The second-order valence-corrected chi connectivity index (χ2v) is 4.01. The van der Waals surface area contributed by atoms with Gasteiger partial charge in [0.05, 0.1) is 7.11 Å². The van der Waals surface area contributed by atoms with Gasteiger partial charge in [0, 0.05) is 15.4 Å². The number of nitrogen functional groups attached to an aromatic ring is 1. The minimum Gasteiger partial charge on any atom is -0.465 e. The van der Waals surface area contributed by atoms with Crippen molar-refractivity contribution in [2.45, 2.75) is 0 Å². The molecule has 1 aromatic carbocycles. The summed E-state index contributed by atoms with van der Waals surface area (Å²) in [5.41, 5.74) is 6.91. The molecule has 0 saturated carbocycles. The highest BCUT2D eigenvalue weighted by atomic mass is 79.9. The smallest absolute Gasteiger partial charge is 0.342 e. The third-order valence-corrected chi connectivity index (χ3v) is 2.67. The molecule has 0 bridgehead atoms. The van der Waals surface area contributed by atoms with Crippen LogP contribution in [0.25, 0.3) is 10.9 Å². The average Bonchev–Trinajstić information content (AvgIpc) is 2.52. The van der Waals surface area contributed by atoms with Gasteiger partial charge in [-0.2, -0.15) is 0 Å². The molecule has 0 unspecified atom stereocenters. The second-order valence-electron chi connectivity index (χ2n) is 3.10. The summed E-state index contributed by atoms with van der Waals surface area (Å²) in [6.45, 7) is 0. The lowest BCUT2D eigenvalue weighted by Crippen LogP contribution is -2.03. The summed E-state index contributed by atoms with van der Waals surface area (Å²) in [4.78, 5) is 14.4. The molecule has 0 aliphatic carbocycles. The largest absolute Gasteiger partial charge is 0.465 e. The summed E-state index contributed by atoms with van der Waals surface area (Å²) >= 11 is 3.34. The van der Waals surface area contributed by atoms with Crippen LogP contribution in [0.3, 0.4) is 0 Å². The van der Waals surface area contributed by atoms with E-state index in [2.05, 4.69) is 25.7 Å². The molecule has 0 aliphatic heterocycles. The molecule has 0 saturated heterocycles. The van der Waals surface area contributed by atoms with Gasteiger partial charge in [-0.05, 0) is 18.2 Å². The molecular formula is C10H9BrN2O2. The molecule has 2 rings (SSSR count). The Labute approximate surface area is 94.5 Å². The number of hydrogen-bond donors (Lipinski definition) is 2. The summed E-state index contributed by atoms with van der Waals surface area (Å²) in [5, 5.41) is 0.758. The van der Waals surface area contributed by atoms with Crippen molar-refractivity contribution in [3.63, 3.8) is 0 Å². The average molecular weight is 269 g/mol. The summed E-state index contributed by atoms with van der Waals surface area (Å²) < 4.78 is 5.56. The molecule has 0 spiro atoms. The van der Waals surface area contributed by atoms with E-state index in [9.17, 15) is 4.79 Å². The van der Waals surface area contributed by atoms with Crippen molar-refractivity contribution >= 4 is 38.6 Å². The van der Waals surface area contributed by atoms with E-state index in [1.807, 2.05) is 18.2 Å². The highest BCUT2D eigenvalue weighted by Gasteiger charge is 2.17. The highest BCUT2D eigenvalue weighted by molar-refractivity contribution is 9.10. The van der Waals surface area contributed by atoms with Crippen LogP contribution in [0, 0.1) is 0 Å². The number of carbonyl (C=O) groups is 1. The number of methoxy groups -OCH3 is 1. The number of carbonyl (C=O) groups excluding carboxylic acids is 1. The molecule has 15 heavy (non-hydrogen) atoms. The van der Waals surface area contributed by atoms with Crippen molar-refractivity contribution in [3.05, 3.63) is 28.2 Å². The van der Waals surface area contributed by atoms with Crippen molar-refractivity contribution in [1.29, 1.82) is 0 Å². The van der Waals surface area contributed by atoms with Crippen LogP contribution < -0.4 is 5.73 Å². The minimum absolute atomic E-state index is 0.329. The van der Waals surface area contributed by atoms with Crippen LogP contribution in [0.1, 0.15) is 10.4 Å². The second kappa shape index (κ2) is 3.58. The molecule has 4 nitrogen and oxygen atoms in total. The molecule has 1 aromatic heterocycles. The SMILES string of the molecule is COC(=O)c1c(N)[nH]c2ccc(Br)cc12. The van der Waals surface area contributed by atoms with E-state index >= 15 is 0 Å². The molecule has 2 aromatic rings. The van der Waals surface area contributed by atoms with Crippen molar-refractivity contribution in [3.8, 4) is 0 Å². The monoisotopic (exact) mass is 268 g/mol. The number of aromatic nitrogens is 1. The first-order valence-electron chi connectivity index (χ1n) is 4.28. The molecule has 0 amide bonds. The number of esters is 1. The lowest BCUT2D eigenvalue weighted by atomic mass is 10.1. The molecule has 0 atom stereocenters. The van der Waals surface area contributed by atoms with Crippen molar-refractivity contribution in [2.24, 2.45) is 0 Å². The Morgan fingerprint density at radius 3 is 2.93 bits per heavy atom. The van der Waals surface area contributed by atoms with Gasteiger partial charge in [0.25, 0.3) is 0 Å². The van der Waals surface area contributed by atoms with Gasteiger partial charge in [-0.3, -0.25) is 0 Å². The molecule has 0 aliphatic rings. The van der Waals surface area contributed by atoms with Gasteiger partial charge < -0.3 is 15.5 Å². The number of nitrogens with two attached hydrogens (primary N) is 1. The van der Waals surface area contributed by atoms with Crippen LogP contribution in [0.4, 0.5) is 5.82 Å². The fraction of sp³-hybridized carbons (Fsp3) is 0.100. The number of fused-ring (bicyclic) bond motifs is 1. The lowest BCUT2D eigenvalue weighted by Gasteiger charge is -1.98. The quantitative estimate of drug-likeness (QED) is 0.780. The van der Waals surface area contributed by atoms with Crippen LogP contribution >= 0.6 is 15.9 Å². The van der Waals surface area contributed by atoms with Crippen LogP contribution in [0.15, 0.2) is 22.7 Å². The number of H-pyrrole nitrogens is 1. The fourth-order valence-corrected chi connectivity index (χ4v) is 1.87. The zero-order valence-electron chi connectivity index (χ0n) is 8.00. The normalized spacial score (nSPS) is 10.5. The zero-order chi connectivity index (χ0) is 11.0. The maximum absolute atomic E-state index is 11.5. The maximum Gasteiger partial charge on any atom is 0.342 e. The van der Waals surface area contributed by atoms with Crippen molar-refractivity contribution < 1.29 is 9.53 Å².